The summed E-state index contributed by atoms with van der Waals surface area (Å²) in [4.78, 5) is 13.8. The van der Waals surface area contributed by atoms with E-state index >= 15 is 0 Å². The van der Waals surface area contributed by atoms with Gasteiger partial charge in [0.15, 0.2) is 0 Å². The summed E-state index contributed by atoms with van der Waals surface area (Å²) in [5.74, 6) is 0.0314. The molecule has 1 amide bonds. The predicted octanol–water partition coefficient (Wildman–Crippen LogP) is -0.146. The van der Waals surface area contributed by atoms with Crippen molar-refractivity contribution in [2.24, 2.45) is 7.05 Å². The first-order chi connectivity index (χ1) is 7.16. The van der Waals surface area contributed by atoms with Crippen LogP contribution in [0.25, 0.3) is 0 Å². The van der Waals surface area contributed by atoms with E-state index in [0.29, 0.717) is 11.7 Å². The van der Waals surface area contributed by atoms with Crippen LogP contribution in [-0.4, -0.2) is 46.3 Å². The first kappa shape index (κ1) is 10.2. The molecular formula is C10H16N4O. The quantitative estimate of drug-likeness (QED) is 0.698. The average Bonchev–Trinajstić information content (AvgIpc) is 2.64. The molecule has 15 heavy (non-hydrogen) atoms. The SMILES string of the molecule is CC1CN(C(=O)c2ccn(C)n2)CCN1. The lowest BCUT2D eigenvalue weighted by atomic mass is 10.2. The Hall–Kier alpha value is -1.36. The lowest BCUT2D eigenvalue weighted by Crippen LogP contribution is -2.51. The standard InChI is InChI=1S/C10H16N4O/c1-8-7-14(6-4-11-8)10(15)9-3-5-13(2)12-9/h3,5,8,11H,4,6-7H2,1-2H3. The Balaban J connectivity index is 2.07. The number of nitrogens with one attached hydrogen (secondary N) is 1. The lowest BCUT2D eigenvalue weighted by Gasteiger charge is -2.31. The van der Waals surface area contributed by atoms with Crippen molar-refractivity contribution in [2.75, 3.05) is 19.6 Å². The Morgan fingerprint density at radius 2 is 2.47 bits per heavy atom. The molecule has 0 saturated carbocycles. The van der Waals surface area contributed by atoms with Gasteiger partial charge in [0.1, 0.15) is 5.69 Å². The molecule has 5 heteroatoms. The third-order valence-corrected chi connectivity index (χ3v) is 2.59. The molecule has 1 N–H and O–H groups in total. The van der Waals surface area contributed by atoms with E-state index in [0.717, 1.165) is 19.6 Å². The van der Waals surface area contributed by atoms with E-state index < -0.39 is 0 Å². The van der Waals surface area contributed by atoms with E-state index in [-0.39, 0.29) is 5.91 Å². The first-order valence-electron chi connectivity index (χ1n) is 5.19. The molecule has 1 aliphatic heterocycles. The van der Waals surface area contributed by atoms with E-state index in [2.05, 4.69) is 17.3 Å². The molecule has 0 radical (unpaired) electrons. The molecule has 0 aliphatic carbocycles. The minimum atomic E-state index is 0.0314. The fraction of sp³-hybridized carbons (Fsp3) is 0.600. The fourth-order valence-electron chi connectivity index (χ4n) is 1.81. The van der Waals surface area contributed by atoms with Gasteiger partial charge in [-0.15, -0.1) is 0 Å². The van der Waals surface area contributed by atoms with Crippen LogP contribution in [-0.2, 0) is 7.05 Å². The molecule has 2 rings (SSSR count). The molecule has 2 heterocycles. The zero-order valence-electron chi connectivity index (χ0n) is 9.10. The van der Waals surface area contributed by atoms with Crippen molar-refractivity contribution in [1.82, 2.24) is 20.0 Å². The van der Waals surface area contributed by atoms with Crippen LogP contribution in [0.4, 0.5) is 0 Å². The van der Waals surface area contributed by atoms with Gasteiger partial charge in [0.25, 0.3) is 5.91 Å². The van der Waals surface area contributed by atoms with Gasteiger partial charge in [0.05, 0.1) is 0 Å². The van der Waals surface area contributed by atoms with E-state index in [1.54, 1.807) is 16.9 Å². The molecule has 0 aromatic carbocycles. The van der Waals surface area contributed by atoms with Crippen LogP contribution >= 0.6 is 0 Å². The summed E-state index contributed by atoms with van der Waals surface area (Å²) in [6.07, 6.45) is 1.79. The Morgan fingerprint density at radius 3 is 3.07 bits per heavy atom. The van der Waals surface area contributed by atoms with Gasteiger partial charge >= 0.3 is 0 Å². The maximum absolute atomic E-state index is 12.0. The molecule has 1 aromatic rings. The summed E-state index contributed by atoms with van der Waals surface area (Å²) < 4.78 is 1.65. The molecule has 1 saturated heterocycles. The Bertz CT molecular complexity index is 360. The molecule has 1 atom stereocenters. The number of hydrogen-bond acceptors (Lipinski definition) is 3. The van der Waals surface area contributed by atoms with Crippen LogP contribution in [0.15, 0.2) is 12.3 Å². The van der Waals surface area contributed by atoms with Crippen molar-refractivity contribution >= 4 is 5.91 Å². The number of amides is 1. The molecule has 1 aliphatic rings. The second-order valence-corrected chi connectivity index (χ2v) is 3.98. The number of piperazine rings is 1. The molecule has 5 nitrogen and oxygen atoms in total. The smallest absolute Gasteiger partial charge is 0.274 e. The van der Waals surface area contributed by atoms with Gasteiger partial charge in [-0.1, -0.05) is 0 Å². The van der Waals surface area contributed by atoms with Crippen LogP contribution in [0.1, 0.15) is 17.4 Å². The van der Waals surface area contributed by atoms with Crippen molar-refractivity contribution in [2.45, 2.75) is 13.0 Å². The second kappa shape index (κ2) is 4.02. The maximum atomic E-state index is 12.0. The van der Waals surface area contributed by atoms with Crippen LogP contribution in [0, 0.1) is 0 Å². The second-order valence-electron chi connectivity index (χ2n) is 3.98. The fourth-order valence-corrected chi connectivity index (χ4v) is 1.81. The summed E-state index contributed by atoms with van der Waals surface area (Å²) >= 11 is 0. The van der Waals surface area contributed by atoms with Gasteiger partial charge in [0, 0.05) is 38.9 Å². The highest BCUT2D eigenvalue weighted by Gasteiger charge is 2.22. The van der Waals surface area contributed by atoms with Crippen LogP contribution in [0.2, 0.25) is 0 Å². The number of aryl methyl sites for hydroxylation is 1. The molecule has 1 fully saturated rings. The topological polar surface area (TPSA) is 50.2 Å². The third-order valence-electron chi connectivity index (χ3n) is 2.59. The molecule has 0 spiro atoms. The zero-order chi connectivity index (χ0) is 10.8. The van der Waals surface area contributed by atoms with Gasteiger partial charge in [-0.3, -0.25) is 9.48 Å². The molecular weight excluding hydrogens is 192 g/mol. The van der Waals surface area contributed by atoms with Crippen molar-refractivity contribution in [3.63, 3.8) is 0 Å². The third kappa shape index (κ3) is 2.18. The minimum Gasteiger partial charge on any atom is -0.334 e. The monoisotopic (exact) mass is 208 g/mol. The van der Waals surface area contributed by atoms with Crippen molar-refractivity contribution in [3.8, 4) is 0 Å². The zero-order valence-corrected chi connectivity index (χ0v) is 9.10. The van der Waals surface area contributed by atoms with Gasteiger partial charge in [-0.2, -0.15) is 5.10 Å². The Labute approximate surface area is 89.1 Å². The highest BCUT2D eigenvalue weighted by molar-refractivity contribution is 5.92. The van der Waals surface area contributed by atoms with E-state index in [1.807, 2.05) is 11.9 Å². The molecule has 82 valence electrons. The number of hydrogen-bond donors (Lipinski definition) is 1. The number of aromatic nitrogens is 2. The van der Waals surface area contributed by atoms with E-state index in [9.17, 15) is 4.79 Å². The van der Waals surface area contributed by atoms with Crippen LogP contribution in [0.5, 0.6) is 0 Å². The number of carbonyl (C=O) groups excluding carboxylic acids is 1. The predicted molar refractivity (Wildman–Crippen MR) is 56.6 cm³/mol. The van der Waals surface area contributed by atoms with E-state index in [4.69, 9.17) is 0 Å². The summed E-state index contributed by atoms with van der Waals surface area (Å²) in [5.41, 5.74) is 0.534. The first-order valence-corrected chi connectivity index (χ1v) is 5.19. The van der Waals surface area contributed by atoms with Gasteiger partial charge in [-0.05, 0) is 13.0 Å². The van der Waals surface area contributed by atoms with E-state index in [1.165, 1.54) is 0 Å². The van der Waals surface area contributed by atoms with Gasteiger partial charge < -0.3 is 10.2 Å². The summed E-state index contributed by atoms with van der Waals surface area (Å²) in [6, 6.07) is 2.13. The summed E-state index contributed by atoms with van der Waals surface area (Å²) in [6.45, 7) is 4.47. The Kier molecular flexibility index (Phi) is 2.73. The maximum Gasteiger partial charge on any atom is 0.274 e. The molecule has 1 unspecified atom stereocenters. The number of nitrogens with zero attached hydrogens (tertiary/aromatic N) is 3. The molecule has 1 aromatic heterocycles. The van der Waals surface area contributed by atoms with Gasteiger partial charge in [-0.25, -0.2) is 0 Å². The summed E-state index contributed by atoms with van der Waals surface area (Å²) in [7, 11) is 1.82. The number of carbonyl (C=O) groups is 1. The largest absolute Gasteiger partial charge is 0.334 e. The minimum absolute atomic E-state index is 0.0314. The van der Waals surface area contributed by atoms with Crippen molar-refractivity contribution in [1.29, 1.82) is 0 Å². The average molecular weight is 208 g/mol. The summed E-state index contributed by atoms with van der Waals surface area (Å²) in [5, 5.41) is 7.42. The van der Waals surface area contributed by atoms with Crippen molar-refractivity contribution in [3.05, 3.63) is 18.0 Å². The van der Waals surface area contributed by atoms with Crippen LogP contribution in [0.3, 0.4) is 0 Å². The lowest BCUT2D eigenvalue weighted by molar-refractivity contribution is 0.0702. The van der Waals surface area contributed by atoms with Gasteiger partial charge in [0.2, 0.25) is 0 Å². The normalized spacial score (nSPS) is 21.7. The molecule has 0 bridgehead atoms. The Morgan fingerprint density at radius 1 is 1.67 bits per heavy atom. The number of rotatable bonds is 1. The van der Waals surface area contributed by atoms with Crippen LogP contribution < -0.4 is 5.32 Å². The highest BCUT2D eigenvalue weighted by Crippen LogP contribution is 2.05. The highest BCUT2D eigenvalue weighted by atomic mass is 16.2. The van der Waals surface area contributed by atoms with Crippen molar-refractivity contribution < 1.29 is 4.79 Å².